The Bertz CT molecular complexity index is 447. The van der Waals surface area contributed by atoms with E-state index in [1.54, 1.807) is 6.20 Å². The minimum absolute atomic E-state index is 0.287. The van der Waals surface area contributed by atoms with E-state index < -0.39 is 36.4 Å². The number of rotatable bonds is 6. The molecule has 0 fully saturated rings. The van der Waals surface area contributed by atoms with E-state index >= 15 is 0 Å². The number of hydrogen-bond donors (Lipinski definition) is 6. The van der Waals surface area contributed by atoms with Gasteiger partial charge in [-0.15, -0.1) is 0 Å². The van der Waals surface area contributed by atoms with Crippen molar-refractivity contribution in [2.24, 2.45) is 11.5 Å². The van der Waals surface area contributed by atoms with Gasteiger partial charge in [-0.2, -0.15) is 0 Å². The summed E-state index contributed by atoms with van der Waals surface area (Å²) in [6.07, 6.45) is 2.80. The molecule has 1 aromatic rings. The van der Waals surface area contributed by atoms with Crippen LogP contribution in [0.1, 0.15) is 12.1 Å². The number of carboxylic acid groups (broad SMARTS) is 3. The normalized spacial score (nSPS) is 12.7. The number of aromatic amines is 1. The topological polar surface area (TPSA) is 193 Å². The first-order valence-electron chi connectivity index (χ1n) is 5.39. The predicted molar refractivity (Wildman–Crippen MR) is 65.8 cm³/mol. The Balaban J connectivity index is 0.000000370. The number of aromatic nitrogens is 2. The summed E-state index contributed by atoms with van der Waals surface area (Å²) in [6.45, 7) is 0. The fourth-order valence-electron chi connectivity index (χ4n) is 0.996. The third-order valence-electron chi connectivity index (χ3n) is 2.02. The third kappa shape index (κ3) is 7.79. The summed E-state index contributed by atoms with van der Waals surface area (Å²) < 4.78 is 0. The highest BCUT2D eigenvalue weighted by Crippen LogP contribution is 1.95. The molecule has 0 aromatic carbocycles. The van der Waals surface area contributed by atoms with E-state index in [2.05, 4.69) is 9.97 Å². The van der Waals surface area contributed by atoms with Gasteiger partial charge < -0.3 is 31.8 Å². The Morgan fingerprint density at radius 1 is 1.15 bits per heavy atom. The first-order valence-corrected chi connectivity index (χ1v) is 5.39. The zero-order chi connectivity index (χ0) is 15.7. The molecule has 112 valence electrons. The maximum atomic E-state index is 10.3. The molecule has 8 N–H and O–H groups in total. The van der Waals surface area contributed by atoms with E-state index in [1.807, 2.05) is 0 Å². The monoisotopic (exact) mass is 288 g/mol. The molecule has 0 saturated heterocycles. The SMILES string of the molecule is NC(Cc1cnc[nH]1)C(=O)O.N[C@H](CC(=O)O)C(=O)O. The molecule has 20 heavy (non-hydrogen) atoms. The van der Waals surface area contributed by atoms with Crippen LogP contribution in [0.3, 0.4) is 0 Å². The molecule has 0 aliphatic heterocycles. The van der Waals surface area contributed by atoms with E-state index in [9.17, 15) is 14.4 Å². The van der Waals surface area contributed by atoms with Crippen molar-refractivity contribution in [2.45, 2.75) is 24.9 Å². The van der Waals surface area contributed by atoms with Crippen molar-refractivity contribution in [3.8, 4) is 0 Å². The summed E-state index contributed by atoms with van der Waals surface area (Å²) in [5.41, 5.74) is 10.8. The molecule has 1 aromatic heterocycles. The third-order valence-corrected chi connectivity index (χ3v) is 2.02. The summed E-state index contributed by atoms with van der Waals surface area (Å²) in [5, 5.41) is 24.5. The van der Waals surface area contributed by atoms with Gasteiger partial charge in [-0.05, 0) is 0 Å². The standard InChI is InChI=1S/C6H9N3O2.C4H7NO4/c7-5(6(10)11)1-4-2-8-3-9-4;5-2(4(8)9)1-3(6)7/h2-3,5H,1,7H2,(H,8,9)(H,10,11);2H,1,5H2,(H,6,7)(H,8,9)/t;2-/m.1/s1. The average Bonchev–Trinajstić information content (AvgIpc) is 2.81. The smallest absolute Gasteiger partial charge is 0.321 e. The Labute approximate surface area is 113 Å². The summed E-state index contributed by atoms with van der Waals surface area (Å²) >= 11 is 0. The van der Waals surface area contributed by atoms with Crippen LogP contribution in [0.25, 0.3) is 0 Å². The number of hydrogen-bond acceptors (Lipinski definition) is 6. The molecule has 0 spiro atoms. The molecule has 1 heterocycles. The average molecular weight is 288 g/mol. The van der Waals surface area contributed by atoms with Crippen LogP contribution >= 0.6 is 0 Å². The van der Waals surface area contributed by atoms with Crippen molar-refractivity contribution < 1.29 is 29.7 Å². The Hall–Kier alpha value is -2.46. The van der Waals surface area contributed by atoms with Gasteiger partial charge in [0.25, 0.3) is 0 Å². The molecule has 10 nitrogen and oxygen atoms in total. The van der Waals surface area contributed by atoms with Gasteiger partial charge in [0.2, 0.25) is 0 Å². The molecular formula is C10H16N4O6. The second-order valence-corrected chi connectivity index (χ2v) is 3.77. The number of aliphatic carboxylic acids is 3. The number of imidazole rings is 1. The van der Waals surface area contributed by atoms with Gasteiger partial charge in [0, 0.05) is 18.3 Å². The minimum atomic E-state index is -1.29. The van der Waals surface area contributed by atoms with Crippen molar-refractivity contribution in [1.29, 1.82) is 0 Å². The lowest BCUT2D eigenvalue weighted by atomic mass is 10.2. The molecule has 0 amide bonds. The lowest BCUT2D eigenvalue weighted by molar-refractivity contribution is -0.144. The highest BCUT2D eigenvalue weighted by molar-refractivity contribution is 5.80. The summed E-state index contributed by atoms with van der Waals surface area (Å²) in [5.74, 6) is -3.50. The van der Waals surface area contributed by atoms with Crippen molar-refractivity contribution >= 4 is 17.9 Å². The van der Waals surface area contributed by atoms with Gasteiger partial charge in [-0.25, -0.2) is 4.98 Å². The van der Waals surface area contributed by atoms with Crippen LogP contribution in [-0.4, -0.2) is 55.3 Å². The lowest BCUT2D eigenvalue weighted by Crippen LogP contribution is -2.32. The molecule has 2 atom stereocenters. The zero-order valence-electron chi connectivity index (χ0n) is 10.4. The number of nitrogens with zero attached hydrogens (tertiary/aromatic N) is 1. The van der Waals surface area contributed by atoms with E-state index in [0.717, 1.165) is 5.69 Å². The Morgan fingerprint density at radius 2 is 1.70 bits per heavy atom. The van der Waals surface area contributed by atoms with Crippen LogP contribution < -0.4 is 11.5 Å². The molecule has 0 aliphatic rings. The fraction of sp³-hybridized carbons (Fsp3) is 0.400. The van der Waals surface area contributed by atoms with Crippen LogP contribution in [0.5, 0.6) is 0 Å². The van der Waals surface area contributed by atoms with Crippen molar-refractivity contribution in [3.05, 3.63) is 18.2 Å². The van der Waals surface area contributed by atoms with E-state index in [4.69, 9.17) is 26.8 Å². The largest absolute Gasteiger partial charge is 0.481 e. The van der Waals surface area contributed by atoms with Crippen molar-refractivity contribution in [2.75, 3.05) is 0 Å². The predicted octanol–water partition coefficient (Wildman–Crippen LogP) is -1.76. The number of carboxylic acids is 3. The van der Waals surface area contributed by atoms with Crippen LogP contribution in [0.15, 0.2) is 12.5 Å². The molecule has 0 aliphatic carbocycles. The van der Waals surface area contributed by atoms with Gasteiger partial charge in [-0.1, -0.05) is 0 Å². The second kappa shape index (κ2) is 8.61. The van der Waals surface area contributed by atoms with E-state index in [1.165, 1.54) is 6.33 Å². The second-order valence-electron chi connectivity index (χ2n) is 3.77. The van der Waals surface area contributed by atoms with E-state index in [-0.39, 0.29) is 6.42 Å². The summed E-state index contributed by atoms with van der Waals surface area (Å²) in [4.78, 5) is 36.4. The molecule has 0 radical (unpaired) electrons. The minimum Gasteiger partial charge on any atom is -0.481 e. The summed E-state index contributed by atoms with van der Waals surface area (Å²) in [7, 11) is 0. The number of H-pyrrole nitrogens is 1. The maximum absolute atomic E-state index is 10.3. The molecule has 0 saturated carbocycles. The van der Waals surface area contributed by atoms with Crippen LogP contribution in [0.2, 0.25) is 0 Å². The molecule has 0 bridgehead atoms. The zero-order valence-corrected chi connectivity index (χ0v) is 10.4. The fourth-order valence-corrected chi connectivity index (χ4v) is 0.996. The molecule has 1 rings (SSSR count). The van der Waals surface area contributed by atoms with Crippen LogP contribution in [0, 0.1) is 0 Å². The van der Waals surface area contributed by atoms with Crippen LogP contribution in [-0.2, 0) is 20.8 Å². The van der Waals surface area contributed by atoms with Gasteiger partial charge in [0.15, 0.2) is 0 Å². The van der Waals surface area contributed by atoms with Gasteiger partial charge in [0.1, 0.15) is 12.1 Å². The number of carbonyl (C=O) groups is 3. The number of nitrogens with one attached hydrogen (secondary N) is 1. The van der Waals surface area contributed by atoms with Gasteiger partial charge >= 0.3 is 17.9 Å². The molecule has 1 unspecified atom stereocenters. The quantitative estimate of drug-likeness (QED) is 0.351. The van der Waals surface area contributed by atoms with Crippen LogP contribution in [0.4, 0.5) is 0 Å². The molecule has 10 heteroatoms. The van der Waals surface area contributed by atoms with Gasteiger partial charge in [-0.3, -0.25) is 14.4 Å². The van der Waals surface area contributed by atoms with Crippen molar-refractivity contribution in [1.82, 2.24) is 9.97 Å². The Kier molecular flexibility index (Phi) is 7.55. The lowest BCUT2D eigenvalue weighted by Gasteiger charge is -2.02. The summed E-state index contributed by atoms with van der Waals surface area (Å²) in [6, 6.07) is -2.14. The maximum Gasteiger partial charge on any atom is 0.321 e. The highest BCUT2D eigenvalue weighted by atomic mass is 16.4. The molecular weight excluding hydrogens is 272 g/mol. The highest BCUT2D eigenvalue weighted by Gasteiger charge is 2.14. The van der Waals surface area contributed by atoms with Gasteiger partial charge in [0.05, 0.1) is 12.7 Å². The van der Waals surface area contributed by atoms with E-state index in [0.29, 0.717) is 0 Å². The first kappa shape index (κ1) is 17.5. The van der Waals surface area contributed by atoms with Crippen molar-refractivity contribution in [3.63, 3.8) is 0 Å². The Morgan fingerprint density at radius 3 is 2.00 bits per heavy atom. The first-order chi connectivity index (χ1) is 9.23. The number of nitrogens with two attached hydrogens (primary N) is 2.